The van der Waals surface area contributed by atoms with Gasteiger partial charge in [0.25, 0.3) is 5.91 Å². The van der Waals surface area contributed by atoms with Crippen LogP contribution in [0.1, 0.15) is 52.5 Å². The molecule has 0 saturated carbocycles. The van der Waals surface area contributed by atoms with Crippen LogP contribution in [0.2, 0.25) is 0 Å². The summed E-state index contributed by atoms with van der Waals surface area (Å²) < 4.78 is 5.70. The number of hydrogen-bond donors (Lipinski definition) is 1. The molecule has 1 rings (SSSR count). The van der Waals surface area contributed by atoms with Gasteiger partial charge in [-0.05, 0) is 43.9 Å². The van der Waals surface area contributed by atoms with Crippen LogP contribution in [-0.4, -0.2) is 18.1 Å². The first-order valence-corrected chi connectivity index (χ1v) is 7.01. The van der Waals surface area contributed by atoms with Gasteiger partial charge in [-0.2, -0.15) is 0 Å². The van der Waals surface area contributed by atoms with Gasteiger partial charge in [0.15, 0.2) is 6.10 Å². The van der Waals surface area contributed by atoms with Crippen molar-refractivity contribution in [3.05, 3.63) is 29.8 Å². The summed E-state index contributed by atoms with van der Waals surface area (Å²) in [6.07, 6.45) is 0.442. The Morgan fingerprint density at radius 1 is 1.26 bits per heavy atom. The van der Waals surface area contributed by atoms with E-state index in [9.17, 15) is 4.79 Å². The van der Waals surface area contributed by atoms with Gasteiger partial charge in [0.2, 0.25) is 0 Å². The van der Waals surface area contributed by atoms with Crippen molar-refractivity contribution in [2.45, 2.75) is 59.1 Å². The molecule has 1 aromatic carbocycles. The molecule has 19 heavy (non-hydrogen) atoms. The fourth-order valence-corrected chi connectivity index (χ4v) is 1.67. The van der Waals surface area contributed by atoms with Crippen molar-refractivity contribution in [3.63, 3.8) is 0 Å². The molecule has 1 aromatic rings. The van der Waals surface area contributed by atoms with Crippen molar-refractivity contribution in [1.29, 1.82) is 0 Å². The minimum Gasteiger partial charge on any atom is -0.481 e. The van der Waals surface area contributed by atoms with Crippen molar-refractivity contribution in [2.75, 3.05) is 0 Å². The van der Waals surface area contributed by atoms with E-state index in [1.807, 2.05) is 32.0 Å². The quantitative estimate of drug-likeness (QED) is 0.853. The lowest BCUT2D eigenvalue weighted by Crippen LogP contribution is -2.40. The molecule has 3 nitrogen and oxygen atoms in total. The Labute approximate surface area is 116 Å². The zero-order valence-electron chi connectivity index (χ0n) is 12.6. The van der Waals surface area contributed by atoms with Gasteiger partial charge < -0.3 is 10.1 Å². The van der Waals surface area contributed by atoms with E-state index < -0.39 is 6.10 Å². The summed E-state index contributed by atoms with van der Waals surface area (Å²) >= 11 is 0. The SMILES string of the molecule is CCC(C)NC(=O)C(C)Oc1cccc(C(C)C)c1. The highest BCUT2D eigenvalue weighted by Crippen LogP contribution is 2.20. The summed E-state index contributed by atoms with van der Waals surface area (Å²) in [6, 6.07) is 8.10. The van der Waals surface area contributed by atoms with Gasteiger partial charge in [-0.25, -0.2) is 0 Å². The third-order valence-corrected chi connectivity index (χ3v) is 3.21. The summed E-state index contributed by atoms with van der Waals surface area (Å²) in [4.78, 5) is 11.9. The molecule has 0 aliphatic rings. The summed E-state index contributed by atoms with van der Waals surface area (Å²) in [5.74, 6) is 1.13. The van der Waals surface area contributed by atoms with E-state index in [4.69, 9.17) is 4.74 Å². The Kier molecular flexibility index (Phi) is 5.87. The van der Waals surface area contributed by atoms with E-state index in [2.05, 4.69) is 25.2 Å². The molecule has 0 spiro atoms. The largest absolute Gasteiger partial charge is 0.481 e. The van der Waals surface area contributed by atoms with E-state index in [1.165, 1.54) is 5.56 Å². The second kappa shape index (κ2) is 7.17. The average molecular weight is 263 g/mol. The summed E-state index contributed by atoms with van der Waals surface area (Å²) in [7, 11) is 0. The van der Waals surface area contributed by atoms with E-state index in [0.717, 1.165) is 12.2 Å². The van der Waals surface area contributed by atoms with Crippen molar-refractivity contribution in [1.82, 2.24) is 5.32 Å². The first kappa shape index (κ1) is 15.5. The van der Waals surface area contributed by atoms with Gasteiger partial charge in [-0.3, -0.25) is 4.79 Å². The molecule has 0 aliphatic carbocycles. The molecule has 0 bridgehead atoms. The Morgan fingerprint density at radius 3 is 2.53 bits per heavy atom. The first-order chi connectivity index (χ1) is 8.93. The molecule has 0 aliphatic heterocycles. The normalized spacial score (nSPS) is 14.0. The van der Waals surface area contributed by atoms with E-state index in [0.29, 0.717) is 5.92 Å². The number of benzene rings is 1. The van der Waals surface area contributed by atoms with Gasteiger partial charge in [0.05, 0.1) is 0 Å². The Bertz CT molecular complexity index is 415. The van der Waals surface area contributed by atoms with Crippen LogP contribution in [-0.2, 0) is 4.79 Å². The molecule has 0 aromatic heterocycles. The van der Waals surface area contributed by atoms with Crippen LogP contribution in [0.25, 0.3) is 0 Å². The Morgan fingerprint density at radius 2 is 1.95 bits per heavy atom. The zero-order valence-corrected chi connectivity index (χ0v) is 12.6. The van der Waals surface area contributed by atoms with Crippen molar-refractivity contribution in [3.8, 4) is 5.75 Å². The average Bonchev–Trinajstić information content (AvgIpc) is 2.38. The zero-order chi connectivity index (χ0) is 14.4. The maximum Gasteiger partial charge on any atom is 0.260 e. The highest BCUT2D eigenvalue weighted by molar-refractivity contribution is 5.80. The van der Waals surface area contributed by atoms with Crippen LogP contribution in [0, 0.1) is 0 Å². The van der Waals surface area contributed by atoms with Crippen LogP contribution < -0.4 is 10.1 Å². The minimum absolute atomic E-state index is 0.0655. The summed E-state index contributed by atoms with van der Waals surface area (Å²) in [5, 5.41) is 2.92. The topological polar surface area (TPSA) is 38.3 Å². The van der Waals surface area contributed by atoms with Gasteiger partial charge in [-0.15, -0.1) is 0 Å². The molecule has 0 radical (unpaired) electrons. The van der Waals surface area contributed by atoms with Crippen LogP contribution in [0.15, 0.2) is 24.3 Å². The lowest BCUT2D eigenvalue weighted by Gasteiger charge is -2.18. The molecule has 1 N–H and O–H groups in total. The third-order valence-electron chi connectivity index (χ3n) is 3.21. The van der Waals surface area contributed by atoms with Crippen molar-refractivity contribution < 1.29 is 9.53 Å². The highest BCUT2D eigenvalue weighted by atomic mass is 16.5. The fourth-order valence-electron chi connectivity index (χ4n) is 1.67. The van der Waals surface area contributed by atoms with Gasteiger partial charge >= 0.3 is 0 Å². The maximum atomic E-state index is 11.9. The number of amides is 1. The van der Waals surface area contributed by atoms with Crippen LogP contribution in [0.4, 0.5) is 0 Å². The molecule has 106 valence electrons. The van der Waals surface area contributed by atoms with Crippen LogP contribution in [0.5, 0.6) is 5.75 Å². The molecule has 2 atom stereocenters. The predicted octanol–water partition coefficient (Wildman–Crippen LogP) is 3.49. The number of nitrogens with one attached hydrogen (secondary N) is 1. The molecular formula is C16H25NO2. The van der Waals surface area contributed by atoms with Crippen LogP contribution >= 0.6 is 0 Å². The van der Waals surface area contributed by atoms with Gasteiger partial charge in [-0.1, -0.05) is 32.9 Å². The molecule has 2 unspecified atom stereocenters. The second-order valence-corrected chi connectivity index (χ2v) is 5.31. The molecule has 0 heterocycles. The molecule has 3 heteroatoms. The molecular weight excluding hydrogens is 238 g/mol. The van der Waals surface area contributed by atoms with Gasteiger partial charge in [0.1, 0.15) is 5.75 Å². The number of carbonyl (C=O) groups is 1. The van der Waals surface area contributed by atoms with E-state index >= 15 is 0 Å². The standard InChI is InChI=1S/C16H25NO2/c1-6-12(4)17-16(18)13(5)19-15-9-7-8-14(10-15)11(2)3/h7-13H,6H2,1-5H3,(H,17,18). The third kappa shape index (κ3) is 4.93. The maximum absolute atomic E-state index is 11.9. The number of hydrogen-bond acceptors (Lipinski definition) is 2. The Hall–Kier alpha value is -1.51. The minimum atomic E-state index is -0.476. The van der Waals surface area contributed by atoms with E-state index in [1.54, 1.807) is 6.92 Å². The van der Waals surface area contributed by atoms with Crippen LogP contribution in [0.3, 0.4) is 0 Å². The second-order valence-electron chi connectivity index (χ2n) is 5.31. The van der Waals surface area contributed by atoms with E-state index in [-0.39, 0.29) is 11.9 Å². The number of ether oxygens (including phenoxy) is 1. The lowest BCUT2D eigenvalue weighted by molar-refractivity contribution is -0.127. The highest BCUT2D eigenvalue weighted by Gasteiger charge is 2.16. The monoisotopic (exact) mass is 263 g/mol. The summed E-state index contributed by atoms with van der Waals surface area (Å²) in [6.45, 7) is 10.1. The van der Waals surface area contributed by atoms with Crippen molar-refractivity contribution >= 4 is 5.91 Å². The molecule has 1 amide bonds. The predicted molar refractivity (Wildman–Crippen MR) is 78.5 cm³/mol. The first-order valence-electron chi connectivity index (χ1n) is 7.01. The van der Waals surface area contributed by atoms with Crippen molar-refractivity contribution in [2.24, 2.45) is 0 Å². The Balaban J connectivity index is 2.63. The molecule has 0 saturated heterocycles. The smallest absolute Gasteiger partial charge is 0.260 e. The number of rotatable bonds is 6. The fraction of sp³-hybridized carbons (Fsp3) is 0.562. The lowest BCUT2D eigenvalue weighted by atomic mass is 10.0. The van der Waals surface area contributed by atoms with Gasteiger partial charge in [0, 0.05) is 6.04 Å². The molecule has 0 fully saturated rings. The number of carbonyl (C=O) groups excluding carboxylic acids is 1. The summed E-state index contributed by atoms with van der Waals surface area (Å²) in [5.41, 5.74) is 1.21.